The zero-order valence-corrected chi connectivity index (χ0v) is 16.9. The molecule has 1 atom stereocenters. The van der Waals surface area contributed by atoms with E-state index in [0.717, 1.165) is 16.7 Å². The van der Waals surface area contributed by atoms with Crippen LogP contribution in [0.5, 0.6) is 0 Å². The Hall–Kier alpha value is -2.61. The van der Waals surface area contributed by atoms with Gasteiger partial charge < -0.3 is 9.73 Å². The molecule has 3 rings (SSSR count). The minimum atomic E-state index is -0.395. The van der Waals surface area contributed by atoms with Gasteiger partial charge in [0.2, 0.25) is 11.8 Å². The monoisotopic (exact) mass is 385 g/mol. The second-order valence-electron chi connectivity index (χ2n) is 6.75. The van der Waals surface area contributed by atoms with Crippen molar-refractivity contribution in [3.63, 3.8) is 0 Å². The molecule has 0 radical (unpaired) electrons. The normalized spacial score (nSPS) is 12.4. The Labute approximate surface area is 162 Å². The van der Waals surface area contributed by atoms with Crippen molar-refractivity contribution in [2.45, 2.75) is 51.1 Å². The first-order chi connectivity index (χ1) is 12.8. The molecule has 0 spiro atoms. The van der Waals surface area contributed by atoms with E-state index in [1.54, 1.807) is 23.9 Å². The van der Waals surface area contributed by atoms with Crippen molar-refractivity contribution < 1.29 is 9.21 Å². The van der Waals surface area contributed by atoms with Gasteiger partial charge in [-0.2, -0.15) is 5.10 Å². The zero-order chi connectivity index (χ0) is 19.6. The van der Waals surface area contributed by atoms with Crippen molar-refractivity contribution in [3.8, 4) is 11.5 Å². The molecule has 0 fully saturated rings. The van der Waals surface area contributed by atoms with Crippen LogP contribution >= 0.6 is 11.8 Å². The molecule has 142 valence electrons. The molecule has 0 aliphatic rings. The van der Waals surface area contributed by atoms with Gasteiger partial charge in [-0.15, -0.1) is 10.2 Å². The summed E-state index contributed by atoms with van der Waals surface area (Å²) in [5.41, 5.74) is 3.14. The molecule has 7 nitrogen and oxygen atoms in total. The number of thioether (sulfide) groups is 1. The van der Waals surface area contributed by atoms with Crippen molar-refractivity contribution in [2.75, 3.05) is 5.32 Å². The SMILES string of the molecule is Cc1cc(C)cc(-c2nnc(S[C@@H](C)C(=O)Nc3ccnn3C(C)C)o2)c1. The van der Waals surface area contributed by atoms with Crippen LogP contribution in [0.3, 0.4) is 0 Å². The van der Waals surface area contributed by atoms with Gasteiger partial charge in [0.05, 0.1) is 11.4 Å². The number of rotatable bonds is 6. The Kier molecular flexibility index (Phi) is 5.65. The minimum absolute atomic E-state index is 0.145. The molecular weight excluding hydrogens is 362 g/mol. The molecule has 1 amide bonds. The fourth-order valence-corrected chi connectivity index (χ4v) is 3.41. The topological polar surface area (TPSA) is 85.8 Å². The number of carbonyl (C=O) groups is 1. The fraction of sp³-hybridized carbons (Fsp3) is 0.368. The number of nitrogens with zero attached hydrogens (tertiary/aromatic N) is 4. The smallest absolute Gasteiger partial charge is 0.277 e. The number of benzene rings is 1. The van der Waals surface area contributed by atoms with Crippen molar-refractivity contribution in [1.82, 2.24) is 20.0 Å². The van der Waals surface area contributed by atoms with Crippen LogP contribution in [-0.2, 0) is 4.79 Å². The summed E-state index contributed by atoms with van der Waals surface area (Å²) < 4.78 is 7.50. The third kappa shape index (κ3) is 4.57. The van der Waals surface area contributed by atoms with Crippen molar-refractivity contribution in [1.29, 1.82) is 0 Å². The zero-order valence-electron chi connectivity index (χ0n) is 16.1. The van der Waals surface area contributed by atoms with Crippen LogP contribution < -0.4 is 5.32 Å². The van der Waals surface area contributed by atoms with E-state index in [2.05, 4.69) is 26.7 Å². The lowest BCUT2D eigenvalue weighted by molar-refractivity contribution is -0.115. The van der Waals surface area contributed by atoms with Crippen LogP contribution in [0.25, 0.3) is 11.5 Å². The van der Waals surface area contributed by atoms with Gasteiger partial charge in [0.15, 0.2) is 0 Å². The van der Waals surface area contributed by atoms with E-state index in [9.17, 15) is 4.79 Å². The molecule has 2 aromatic heterocycles. The Morgan fingerprint density at radius 2 is 1.85 bits per heavy atom. The maximum absolute atomic E-state index is 12.5. The third-order valence-corrected chi connectivity index (χ3v) is 4.87. The summed E-state index contributed by atoms with van der Waals surface area (Å²) in [5.74, 6) is 0.979. The fourth-order valence-electron chi connectivity index (χ4n) is 2.73. The predicted octanol–water partition coefficient (Wildman–Crippen LogP) is 4.25. The molecule has 3 aromatic rings. The molecular formula is C19H23N5O2S. The molecule has 1 N–H and O–H groups in total. The summed E-state index contributed by atoms with van der Waals surface area (Å²) in [6, 6.07) is 8.02. The van der Waals surface area contributed by atoms with Crippen molar-refractivity contribution >= 4 is 23.5 Å². The van der Waals surface area contributed by atoms with Gasteiger partial charge >= 0.3 is 0 Å². The van der Waals surface area contributed by atoms with Gasteiger partial charge in [0.25, 0.3) is 5.22 Å². The Bertz CT molecular complexity index is 927. The number of aromatic nitrogens is 4. The quantitative estimate of drug-likeness (QED) is 0.639. The first-order valence-electron chi connectivity index (χ1n) is 8.76. The van der Waals surface area contributed by atoms with Crippen LogP contribution in [0.15, 0.2) is 40.1 Å². The highest BCUT2D eigenvalue weighted by Gasteiger charge is 2.20. The van der Waals surface area contributed by atoms with E-state index in [-0.39, 0.29) is 11.9 Å². The standard InChI is InChI=1S/C19H23N5O2S/c1-11(2)24-16(6-7-20-24)21-17(25)14(5)27-19-23-22-18(26-19)15-9-12(3)8-13(4)10-15/h6-11,14H,1-5H3,(H,21,25)/t14-/m0/s1. The Morgan fingerprint density at radius 1 is 1.15 bits per heavy atom. The lowest BCUT2D eigenvalue weighted by Crippen LogP contribution is -2.24. The van der Waals surface area contributed by atoms with E-state index in [1.165, 1.54) is 11.8 Å². The van der Waals surface area contributed by atoms with E-state index >= 15 is 0 Å². The van der Waals surface area contributed by atoms with Crippen LogP contribution in [0.4, 0.5) is 5.82 Å². The maximum atomic E-state index is 12.5. The van der Waals surface area contributed by atoms with Gasteiger partial charge in [0.1, 0.15) is 5.82 Å². The molecule has 0 aliphatic carbocycles. The molecule has 0 aliphatic heterocycles. The second kappa shape index (κ2) is 7.96. The summed E-state index contributed by atoms with van der Waals surface area (Å²) in [5, 5.41) is 15.3. The highest BCUT2D eigenvalue weighted by atomic mass is 32.2. The summed E-state index contributed by atoms with van der Waals surface area (Å²) in [6.07, 6.45) is 1.67. The molecule has 0 saturated carbocycles. The highest BCUT2D eigenvalue weighted by Crippen LogP contribution is 2.28. The lowest BCUT2D eigenvalue weighted by Gasteiger charge is -2.13. The number of anilines is 1. The van der Waals surface area contributed by atoms with E-state index < -0.39 is 5.25 Å². The summed E-state index contributed by atoms with van der Waals surface area (Å²) in [7, 11) is 0. The molecule has 0 unspecified atom stereocenters. The summed E-state index contributed by atoms with van der Waals surface area (Å²) in [6.45, 7) is 9.87. The Balaban J connectivity index is 1.67. The van der Waals surface area contributed by atoms with Crippen molar-refractivity contribution in [3.05, 3.63) is 41.6 Å². The summed E-state index contributed by atoms with van der Waals surface area (Å²) in [4.78, 5) is 12.5. The molecule has 0 bridgehead atoms. The van der Waals surface area contributed by atoms with Crippen LogP contribution in [0, 0.1) is 13.8 Å². The number of carbonyl (C=O) groups excluding carboxylic acids is 1. The largest absolute Gasteiger partial charge is 0.411 e. The van der Waals surface area contributed by atoms with Gasteiger partial charge in [-0.05, 0) is 46.8 Å². The van der Waals surface area contributed by atoms with E-state index in [1.807, 2.05) is 39.8 Å². The molecule has 27 heavy (non-hydrogen) atoms. The second-order valence-corrected chi connectivity index (χ2v) is 8.05. The average Bonchev–Trinajstić information content (AvgIpc) is 3.23. The number of amides is 1. The van der Waals surface area contributed by atoms with Gasteiger partial charge in [0, 0.05) is 17.7 Å². The van der Waals surface area contributed by atoms with Crippen LogP contribution in [-0.4, -0.2) is 31.1 Å². The lowest BCUT2D eigenvalue weighted by atomic mass is 10.1. The Morgan fingerprint density at radius 3 is 2.52 bits per heavy atom. The summed E-state index contributed by atoms with van der Waals surface area (Å²) >= 11 is 1.23. The van der Waals surface area contributed by atoms with Gasteiger partial charge in [-0.1, -0.05) is 29.0 Å². The first kappa shape index (κ1) is 19.2. The first-order valence-corrected chi connectivity index (χ1v) is 9.64. The number of hydrogen-bond donors (Lipinski definition) is 1. The molecule has 8 heteroatoms. The van der Waals surface area contributed by atoms with Gasteiger partial charge in [-0.3, -0.25) is 4.79 Å². The molecule has 0 saturated heterocycles. The van der Waals surface area contributed by atoms with E-state index in [0.29, 0.717) is 16.9 Å². The number of nitrogens with one attached hydrogen (secondary N) is 1. The highest BCUT2D eigenvalue weighted by molar-refractivity contribution is 8.00. The molecule has 1 aromatic carbocycles. The van der Waals surface area contributed by atoms with Crippen LogP contribution in [0.2, 0.25) is 0 Å². The predicted molar refractivity (Wildman–Crippen MR) is 106 cm³/mol. The number of aryl methyl sites for hydroxylation is 2. The van der Waals surface area contributed by atoms with E-state index in [4.69, 9.17) is 4.42 Å². The third-order valence-electron chi connectivity index (χ3n) is 3.93. The molecule has 2 heterocycles. The minimum Gasteiger partial charge on any atom is -0.411 e. The number of hydrogen-bond acceptors (Lipinski definition) is 6. The van der Waals surface area contributed by atoms with Gasteiger partial charge in [-0.25, -0.2) is 4.68 Å². The average molecular weight is 385 g/mol. The van der Waals surface area contributed by atoms with Crippen molar-refractivity contribution in [2.24, 2.45) is 0 Å². The maximum Gasteiger partial charge on any atom is 0.277 e. The van der Waals surface area contributed by atoms with Crippen LogP contribution in [0.1, 0.15) is 37.9 Å².